The number of imide groups is 1. The van der Waals surface area contributed by atoms with Gasteiger partial charge in [0.1, 0.15) is 0 Å². The molecule has 0 saturated heterocycles. The average molecular weight is 402 g/mol. The van der Waals surface area contributed by atoms with Crippen molar-refractivity contribution in [1.29, 1.82) is 0 Å². The molecule has 1 aromatic heterocycles. The normalized spacial score (nSPS) is 10.6. The number of nitrogens with two attached hydrogens (primary N) is 1. The Kier molecular flexibility index (Phi) is 6.10. The minimum Gasteiger partial charge on any atom is -0.351 e. The Hall–Kier alpha value is -2.84. The van der Waals surface area contributed by atoms with Gasteiger partial charge in [-0.2, -0.15) is 0 Å². The molecular formula is C18H16ClN5O2S. The molecule has 138 valence electrons. The van der Waals surface area contributed by atoms with Gasteiger partial charge in [-0.05, 0) is 29.8 Å². The molecule has 3 aromatic rings. The summed E-state index contributed by atoms with van der Waals surface area (Å²) in [5.74, 6) is 0.166. The van der Waals surface area contributed by atoms with Crippen molar-refractivity contribution in [3.05, 3.63) is 65.2 Å². The third kappa shape index (κ3) is 5.08. The second kappa shape index (κ2) is 8.70. The van der Waals surface area contributed by atoms with Crippen LogP contribution in [0.3, 0.4) is 0 Å². The van der Waals surface area contributed by atoms with Crippen molar-refractivity contribution in [2.75, 3.05) is 5.75 Å². The third-order valence-corrected chi connectivity index (χ3v) is 4.82. The zero-order valence-electron chi connectivity index (χ0n) is 14.1. The molecule has 3 N–H and O–H groups in total. The van der Waals surface area contributed by atoms with Gasteiger partial charge in [-0.1, -0.05) is 53.7 Å². The van der Waals surface area contributed by atoms with E-state index in [-0.39, 0.29) is 5.75 Å². The van der Waals surface area contributed by atoms with Crippen LogP contribution in [0.25, 0.3) is 11.4 Å². The highest BCUT2D eigenvalue weighted by atomic mass is 35.5. The van der Waals surface area contributed by atoms with Gasteiger partial charge in [-0.3, -0.25) is 14.7 Å². The summed E-state index contributed by atoms with van der Waals surface area (Å²) in [5.41, 5.74) is 6.89. The van der Waals surface area contributed by atoms with E-state index in [2.05, 4.69) is 10.2 Å². The Balaban J connectivity index is 1.89. The van der Waals surface area contributed by atoms with Crippen molar-refractivity contribution in [3.63, 3.8) is 0 Å². The maximum absolute atomic E-state index is 11.7. The van der Waals surface area contributed by atoms with Gasteiger partial charge >= 0.3 is 6.03 Å². The first-order valence-electron chi connectivity index (χ1n) is 7.98. The molecule has 0 aliphatic carbocycles. The zero-order chi connectivity index (χ0) is 19.2. The van der Waals surface area contributed by atoms with Gasteiger partial charge in [-0.25, -0.2) is 4.79 Å². The van der Waals surface area contributed by atoms with Gasteiger partial charge in [0.25, 0.3) is 0 Å². The zero-order valence-corrected chi connectivity index (χ0v) is 15.7. The molecule has 9 heteroatoms. The van der Waals surface area contributed by atoms with Crippen LogP contribution in [-0.4, -0.2) is 32.5 Å². The van der Waals surface area contributed by atoms with E-state index in [1.54, 1.807) is 12.1 Å². The van der Waals surface area contributed by atoms with Gasteiger partial charge < -0.3 is 5.73 Å². The SMILES string of the molecule is NC(=O)NC(=O)CSc1nnc(-c2ccc(Cl)cc2)n1Cc1ccccc1. The average Bonchev–Trinajstić information content (AvgIpc) is 3.03. The number of aromatic nitrogens is 3. The number of rotatable bonds is 6. The fourth-order valence-corrected chi connectivity index (χ4v) is 3.28. The molecule has 0 aliphatic heterocycles. The first-order chi connectivity index (χ1) is 13.0. The molecule has 0 atom stereocenters. The summed E-state index contributed by atoms with van der Waals surface area (Å²) in [7, 11) is 0. The fraction of sp³-hybridized carbons (Fsp3) is 0.111. The largest absolute Gasteiger partial charge is 0.351 e. The van der Waals surface area contributed by atoms with Crippen molar-refractivity contribution in [2.45, 2.75) is 11.7 Å². The lowest BCUT2D eigenvalue weighted by Gasteiger charge is -2.10. The number of carbonyl (C=O) groups excluding carboxylic acids is 2. The number of benzene rings is 2. The Labute approximate surface area is 164 Å². The summed E-state index contributed by atoms with van der Waals surface area (Å²) < 4.78 is 1.92. The van der Waals surface area contributed by atoms with Crippen molar-refractivity contribution in [2.24, 2.45) is 5.73 Å². The number of urea groups is 1. The number of nitrogens with zero attached hydrogens (tertiary/aromatic N) is 3. The van der Waals surface area contributed by atoms with E-state index >= 15 is 0 Å². The molecule has 0 unspecified atom stereocenters. The summed E-state index contributed by atoms with van der Waals surface area (Å²) in [6.45, 7) is 0.533. The van der Waals surface area contributed by atoms with E-state index in [0.29, 0.717) is 22.5 Å². The van der Waals surface area contributed by atoms with Gasteiger partial charge in [-0.15, -0.1) is 10.2 Å². The highest BCUT2D eigenvalue weighted by Gasteiger charge is 2.16. The number of hydrogen-bond acceptors (Lipinski definition) is 5. The summed E-state index contributed by atoms with van der Waals surface area (Å²) in [6.07, 6.45) is 0. The predicted molar refractivity (Wildman–Crippen MR) is 104 cm³/mol. The van der Waals surface area contributed by atoms with Crippen molar-refractivity contribution >= 4 is 35.3 Å². The Bertz CT molecular complexity index is 944. The topological polar surface area (TPSA) is 103 Å². The Morgan fingerprint density at radius 3 is 2.44 bits per heavy atom. The first kappa shape index (κ1) is 18.9. The van der Waals surface area contributed by atoms with Crippen molar-refractivity contribution in [3.8, 4) is 11.4 Å². The molecule has 0 radical (unpaired) electrons. The minimum absolute atomic E-state index is 0.00349. The fourth-order valence-electron chi connectivity index (χ4n) is 2.42. The van der Waals surface area contributed by atoms with Crippen molar-refractivity contribution < 1.29 is 9.59 Å². The smallest absolute Gasteiger partial charge is 0.318 e. The minimum atomic E-state index is -0.881. The molecule has 0 spiro atoms. The van der Waals surface area contributed by atoms with Crippen LogP contribution in [0.1, 0.15) is 5.56 Å². The molecule has 27 heavy (non-hydrogen) atoms. The summed E-state index contributed by atoms with van der Waals surface area (Å²) in [6, 6.07) is 16.3. The van der Waals surface area contributed by atoms with Gasteiger partial charge in [0.2, 0.25) is 5.91 Å². The van der Waals surface area contributed by atoms with E-state index < -0.39 is 11.9 Å². The van der Waals surface area contributed by atoms with E-state index in [9.17, 15) is 9.59 Å². The maximum atomic E-state index is 11.7. The van der Waals surface area contributed by atoms with Crippen LogP contribution < -0.4 is 11.1 Å². The van der Waals surface area contributed by atoms with Crippen LogP contribution in [-0.2, 0) is 11.3 Å². The molecule has 3 rings (SSSR count). The number of primary amides is 1. The van der Waals surface area contributed by atoms with E-state index in [0.717, 1.165) is 11.1 Å². The van der Waals surface area contributed by atoms with Gasteiger partial charge in [0, 0.05) is 10.6 Å². The lowest BCUT2D eigenvalue weighted by molar-refractivity contribution is -0.117. The Morgan fingerprint density at radius 2 is 1.78 bits per heavy atom. The standard InChI is InChI=1S/C18H16ClN5O2S/c19-14-8-6-13(7-9-14)16-22-23-18(27-11-15(25)21-17(20)26)24(16)10-12-4-2-1-3-5-12/h1-9H,10-11H2,(H3,20,21,25,26). The van der Waals surface area contributed by atoms with Crippen LogP contribution in [0.2, 0.25) is 5.02 Å². The van der Waals surface area contributed by atoms with Crippen LogP contribution in [0.5, 0.6) is 0 Å². The number of thioether (sulfide) groups is 1. The summed E-state index contributed by atoms with van der Waals surface area (Å²) in [5, 5.41) is 11.7. The third-order valence-electron chi connectivity index (χ3n) is 3.60. The van der Waals surface area contributed by atoms with E-state index in [1.165, 1.54) is 11.8 Å². The number of amides is 3. The molecule has 3 amide bonds. The number of hydrogen-bond donors (Lipinski definition) is 2. The molecule has 1 heterocycles. The quantitative estimate of drug-likeness (QED) is 0.618. The first-order valence-corrected chi connectivity index (χ1v) is 9.34. The second-order valence-corrected chi connectivity index (χ2v) is 6.96. The van der Waals surface area contributed by atoms with Crippen LogP contribution in [0, 0.1) is 0 Å². The molecule has 0 fully saturated rings. The lowest BCUT2D eigenvalue weighted by atomic mass is 10.2. The second-order valence-electron chi connectivity index (χ2n) is 5.59. The number of halogens is 1. The molecule has 0 aliphatic rings. The highest BCUT2D eigenvalue weighted by molar-refractivity contribution is 7.99. The number of carbonyl (C=O) groups is 2. The van der Waals surface area contributed by atoms with Crippen LogP contribution in [0.4, 0.5) is 4.79 Å². The maximum Gasteiger partial charge on any atom is 0.318 e. The molecule has 2 aromatic carbocycles. The van der Waals surface area contributed by atoms with E-state index in [4.69, 9.17) is 17.3 Å². The molecular weight excluding hydrogens is 386 g/mol. The van der Waals surface area contributed by atoms with Crippen LogP contribution >= 0.6 is 23.4 Å². The van der Waals surface area contributed by atoms with Crippen LogP contribution in [0.15, 0.2) is 59.8 Å². The number of nitrogens with one attached hydrogen (secondary N) is 1. The van der Waals surface area contributed by atoms with Crippen molar-refractivity contribution in [1.82, 2.24) is 20.1 Å². The molecule has 0 saturated carbocycles. The van der Waals surface area contributed by atoms with E-state index in [1.807, 2.05) is 52.3 Å². The van der Waals surface area contributed by atoms with Gasteiger partial charge in [0.05, 0.1) is 12.3 Å². The monoisotopic (exact) mass is 401 g/mol. The lowest BCUT2D eigenvalue weighted by Crippen LogP contribution is -2.36. The summed E-state index contributed by atoms with van der Waals surface area (Å²) in [4.78, 5) is 22.5. The molecule has 7 nitrogen and oxygen atoms in total. The summed E-state index contributed by atoms with van der Waals surface area (Å²) >= 11 is 7.15. The predicted octanol–water partition coefficient (Wildman–Crippen LogP) is 2.93. The Morgan fingerprint density at radius 1 is 1.07 bits per heavy atom. The van der Waals surface area contributed by atoms with Gasteiger partial charge in [0.15, 0.2) is 11.0 Å². The highest BCUT2D eigenvalue weighted by Crippen LogP contribution is 2.26. The molecule has 0 bridgehead atoms.